The van der Waals surface area contributed by atoms with E-state index >= 15 is 0 Å². The molecule has 0 aliphatic carbocycles. The Morgan fingerprint density at radius 1 is 1.06 bits per heavy atom. The number of nitriles is 1. The van der Waals surface area contributed by atoms with Crippen molar-refractivity contribution < 1.29 is 14.6 Å². The van der Waals surface area contributed by atoms with Gasteiger partial charge in [-0.2, -0.15) is 5.26 Å². The van der Waals surface area contributed by atoms with Crippen LogP contribution in [0.25, 0.3) is 11.1 Å². The van der Waals surface area contributed by atoms with Gasteiger partial charge in [-0.25, -0.2) is 0 Å². The van der Waals surface area contributed by atoms with Crippen molar-refractivity contribution in [3.63, 3.8) is 0 Å². The number of carbonyl (C=O) groups excluding carboxylic acids is 1. The van der Waals surface area contributed by atoms with Crippen molar-refractivity contribution in [3.05, 3.63) is 90.0 Å². The number of benzene rings is 3. The van der Waals surface area contributed by atoms with Gasteiger partial charge in [-0.05, 0) is 34.4 Å². The molecule has 4 rings (SSSR count). The molecule has 1 aliphatic heterocycles. The zero-order chi connectivity index (χ0) is 21.8. The van der Waals surface area contributed by atoms with E-state index in [1.54, 1.807) is 12.0 Å². The molecule has 1 N–H and O–H groups in total. The van der Waals surface area contributed by atoms with E-state index in [2.05, 4.69) is 6.07 Å². The maximum absolute atomic E-state index is 13.0. The first-order valence-corrected chi connectivity index (χ1v) is 10.3. The summed E-state index contributed by atoms with van der Waals surface area (Å²) in [6, 6.07) is 26.3. The highest BCUT2D eigenvalue weighted by atomic mass is 16.5. The highest BCUT2D eigenvalue weighted by Gasteiger charge is 2.52. The number of rotatable bonds is 6. The Hall–Kier alpha value is -3.62. The predicted octanol–water partition coefficient (Wildman–Crippen LogP) is 3.78. The van der Waals surface area contributed by atoms with Crippen LogP contribution in [-0.4, -0.2) is 41.7 Å². The van der Waals surface area contributed by atoms with Crippen molar-refractivity contribution >= 4 is 5.91 Å². The Morgan fingerprint density at radius 3 is 2.52 bits per heavy atom. The van der Waals surface area contributed by atoms with Crippen LogP contribution in [0.5, 0.6) is 5.75 Å². The molecular formula is C26H24N2O3. The van der Waals surface area contributed by atoms with Crippen LogP contribution < -0.4 is 4.74 Å². The van der Waals surface area contributed by atoms with Crippen LogP contribution in [0.4, 0.5) is 0 Å². The fraction of sp³-hybridized carbons (Fsp3) is 0.231. The SMILES string of the molecule is COc1cccc(-c2ccccc2[C@@H]2[C@H](C#N)N(C(=O)Cc3ccccc3)[C@H]2CO)c1. The molecule has 0 saturated carbocycles. The van der Waals surface area contributed by atoms with Crippen LogP contribution in [0.15, 0.2) is 78.9 Å². The average molecular weight is 412 g/mol. The number of carbonyl (C=O) groups is 1. The molecule has 0 radical (unpaired) electrons. The summed E-state index contributed by atoms with van der Waals surface area (Å²) in [5, 5.41) is 20.1. The fourth-order valence-corrected chi connectivity index (χ4v) is 4.43. The number of aliphatic hydroxyl groups is 1. The molecular weight excluding hydrogens is 388 g/mol. The summed E-state index contributed by atoms with van der Waals surface area (Å²) in [5.41, 5.74) is 3.78. The Morgan fingerprint density at radius 2 is 1.81 bits per heavy atom. The van der Waals surface area contributed by atoms with Crippen LogP contribution in [-0.2, 0) is 11.2 Å². The minimum atomic E-state index is -0.625. The molecule has 0 spiro atoms. The Labute approximate surface area is 182 Å². The highest BCUT2D eigenvalue weighted by molar-refractivity contribution is 5.82. The number of aliphatic hydroxyl groups excluding tert-OH is 1. The fourth-order valence-electron chi connectivity index (χ4n) is 4.43. The van der Waals surface area contributed by atoms with Gasteiger partial charge in [-0.1, -0.05) is 66.7 Å². The smallest absolute Gasteiger partial charge is 0.228 e. The molecule has 156 valence electrons. The third kappa shape index (κ3) is 3.90. The summed E-state index contributed by atoms with van der Waals surface area (Å²) in [7, 11) is 1.63. The highest BCUT2D eigenvalue weighted by Crippen LogP contribution is 2.44. The monoisotopic (exact) mass is 412 g/mol. The van der Waals surface area contributed by atoms with Crippen molar-refractivity contribution in [1.29, 1.82) is 5.26 Å². The second-order valence-corrected chi connectivity index (χ2v) is 7.63. The van der Waals surface area contributed by atoms with Crippen molar-refractivity contribution in [2.75, 3.05) is 13.7 Å². The van der Waals surface area contributed by atoms with Gasteiger partial charge in [0, 0.05) is 5.92 Å². The van der Waals surface area contributed by atoms with Crippen LogP contribution in [0.2, 0.25) is 0 Å². The number of hydrogen-bond donors (Lipinski definition) is 1. The molecule has 1 saturated heterocycles. The van der Waals surface area contributed by atoms with Gasteiger partial charge in [0.2, 0.25) is 5.91 Å². The topological polar surface area (TPSA) is 73.6 Å². The number of methoxy groups -OCH3 is 1. The lowest BCUT2D eigenvalue weighted by atomic mass is 9.73. The molecule has 1 aliphatic rings. The molecule has 0 aromatic heterocycles. The van der Waals surface area contributed by atoms with Gasteiger partial charge in [0.25, 0.3) is 0 Å². The first kappa shape index (κ1) is 20.6. The molecule has 3 aromatic rings. The summed E-state index contributed by atoms with van der Waals surface area (Å²) >= 11 is 0. The number of hydrogen-bond acceptors (Lipinski definition) is 4. The standard InChI is InChI=1S/C26H24N2O3/c1-31-20-11-7-10-19(15-20)21-12-5-6-13-22(21)26-23(16-27)28(24(26)17-29)25(30)14-18-8-3-2-4-9-18/h2-13,15,23-24,26,29H,14,17H2,1H3/t23-,24-,26+/m0/s1. The number of amides is 1. The van der Waals surface area contributed by atoms with Gasteiger partial charge in [0.15, 0.2) is 0 Å². The molecule has 3 aromatic carbocycles. The Balaban J connectivity index is 1.66. The average Bonchev–Trinajstić information content (AvgIpc) is 2.80. The Bertz CT molecular complexity index is 1110. The van der Waals surface area contributed by atoms with Crippen LogP contribution in [0.3, 0.4) is 0 Å². The third-order valence-electron chi connectivity index (χ3n) is 5.92. The number of likely N-dealkylation sites (tertiary alicyclic amines) is 1. The molecule has 1 amide bonds. The summed E-state index contributed by atoms with van der Waals surface area (Å²) in [6.45, 7) is -0.199. The molecule has 1 heterocycles. The van der Waals surface area contributed by atoms with E-state index in [1.807, 2.05) is 78.9 Å². The first-order chi connectivity index (χ1) is 15.2. The quantitative estimate of drug-likeness (QED) is 0.669. The van der Waals surface area contributed by atoms with E-state index in [4.69, 9.17) is 4.74 Å². The second-order valence-electron chi connectivity index (χ2n) is 7.63. The molecule has 0 unspecified atom stereocenters. The van der Waals surface area contributed by atoms with Gasteiger partial charge in [-0.15, -0.1) is 0 Å². The van der Waals surface area contributed by atoms with Crippen molar-refractivity contribution in [3.8, 4) is 22.9 Å². The minimum Gasteiger partial charge on any atom is -0.497 e. The molecule has 31 heavy (non-hydrogen) atoms. The van der Waals surface area contributed by atoms with Crippen LogP contribution in [0, 0.1) is 11.3 Å². The lowest BCUT2D eigenvalue weighted by Crippen LogP contribution is -2.65. The summed E-state index contributed by atoms with van der Waals surface area (Å²) in [4.78, 5) is 14.5. The van der Waals surface area contributed by atoms with Crippen molar-refractivity contribution in [2.45, 2.75) is 24.4 Å². The summed E-state index contributed by atoms with van der Waals surface area (Å²) in [6.07, 6.45) is 0.208. The zero-order valence-electron chi connectivity index (χ0n) is 17.3. The normalized spacial score (nSPS) is 19.9. The zero-order valence-corrected chi connectivity index (χ0v) is 17.3. The van der Waals surface area contributed by atoms with Crippen molar-refractivity contribution in [1.82, 2.24) is 4.90 Å². The summed E-state index contributed by atoms with van der Waals surface area (Å²) in [5.74, 6) is 0.333. The van der Waals surface area contributed by atoms with E-state index in [0.717, 1.165) is 28.0 Å². The molecule has 5 heteroatoms. The van der Waals surface area contributed by atoms with E-state index in [9.17, 15) is 15.2 Å². The van der Waals surface area contributed by atoms with Gasteiger partial charge >= 0.3 is 0 Å². The van der Waals surface area contributed by atoms with Gasteiger partial charge in [0.05, 0.1) is 32.2 Å². The Kier molecular flexibility index (Phi) is 6.01. The second kappa shape index (κ2) is 9.03. The van der Waals surface area contributed by atoms with E-state index in [1.165, 1.54) is 0 Å². The lowest BCUT2D eigenvalue weighted by molar-refractivity contribution is -0.146. The maximum Gasteiger partial charge on any atom is 0.228 e. The first-order valence-electron chi connectivity index (χ1n) is 10.3. The minimum absolute atomic E-state index is 0.146. The lowest BCUT2D eigenvalue weighted by Gasteiger charge is -2.52. The van der Waals surface area contributed by atoms with Crippen molar-refractivity contribution in [2.24, 2.45) is 0 Å². The molecule has 3 atom stereocenters. The van der Waals surface area contributed by atoms with Crippen LogP contribution >= 0.6 is 0 Å². The molecule has 1 fully saturated rings. The van der Waals surface area contributed by atoms with Crippen LogP contribution in [0.1, 0.15) is 17.0 Å². The van der Waals surface area contributed by atoms with E-state index < -0.39 is 12.1 Å². The maximum atomic E-state index is 13.0. The summed E-state index contributed by atoms with van der Waals surface area (Å²) < 4.78 is 5.36. The number of nitrogens with zero attached hydrogens (tertiary/aromatic N) is 2. The predicted molar refractivity (Wildman–Crippen MR) is 118 cm³/mol. The third-order valence-corrected chi connectivity index (χ3v) is 5.92. The largest absolute Gasteiger partial charge is 0.497 e. The number of ether oxygens (including phenoxy) is 1. The molecule has 5 nitrogen and oxygen atoms in total. The van der Waals surface area contributed by atoms with Gasteiger partial charge < -0.3 is 14.7 Å². The molecule has 0 bridgehead atoms. The van der Waals surface area contributed by atoms with E-state index in [-0.39, 0.29) is 24.9 Å². The van der Waals surface area contributed by atoms with Gasteiger partial charge in [-0.3, -0.25) is 4.79 Å². The van der Waals surface area contributed by atoms with Gasteiger partial charge in [0.1, 0.15) is 11.8 Å². The van der Waals surface area contributed by atoms with E-state index in [0.29, 0.717) is 0 Å².